The molecular formula is C59H34N4S2. The minimum absolute atomic E-state index is 0.644. The van der Waals surface area contributed by atoms with Crippen LogP contribution < -0.4 is 0 Å². The fourth-order valence-electron chi connectivity index (χ4n) is 10.1. The predicted molar refractivity (Wildman–Crippen MR) is 277 cm³/mol. The molecular weight excluding hydrogens is 829 g/mol. The molecule has 10 aromatic carbocycles. The van der Waals surface area contributed by atoms with Crippen molar-refractivity contribution >= 4 is 106 Å². The minimum atomic E-state index is 0.644. The lowest BCUT2D eigenvalue weighted by atomic mass is 9.99. The monoisotopic (exact) mass is 862 g/mol. The molecule has 0 saturated carbocycles. The molecule has 65 heavy (non-hydrogen) atoms. The number of para-hydroxylation sites is 1. The van der Waals surface area contributed by atoms with E-state index in [0.717, 1.165) is 38.7 Å². The van der Waals surface area contributed by atoms with Crippen LogP contribution in [0.2, 0.25) is 0 Å². The number of rotatable bonds is 5. The van der Waals surface area contributed by atoms with E-state index in [1.807, 2.05) is 28.7 Å². The van der Waals surface area contributed by atoms with Gasteiger partial charge in [-0.1, -0.05) is 170 Å². The van der Waals surface area contributed by atoms with E-state index in [-0.39, 0.29) is 0 Å². The Balaban J connectivity index is 0.945. The zero-order chi connectivity index (χ0) is 42.6. The molecule has 4 nitrogen and oxygen atoms in total. The quantitative estimate of drug-likeness (QED) is 0.173. The minimum Gasteiger partial charge on any atom is -0.308 e. The molecule has 14 rings (SSSR count). The van der Waals surface area contributed by atoms with Gasteiger partial charge in [-0.15, -0.1) is 22.7 Å². The van der Waals surface area contributed by atoms with E-state index in [1.54, 1.807) is 0 Å². The highest BCUT2D eigenvalue weighted by Gasteiger charge is 2.22. The maximum absolute atomic E-state index is 5.22. The van der Waals surface area contributed by atoms with Crippen molar-refractivity contribution in [3.8, 4) is 51.0 Å². The fraction of sp³-hybridized carbons (Fsp3) is 0. The summed E-state index contributed by atoms with van der Waals surface area (Å²) >= 11 is 3.72. The van der Waals surface area contributed by atoms with Crippen molar-refractivity contribution in [3.05, 3.63) is 206 Å². The highest BCUT2D eigenvalue weighted by atomic mass is 32.1. The Hall–Kier alpha value is -8.03. The third kappa shape index (κ3) is 5.64. The molecule has 0 saturated heterocycles. The van der Waals surface area contributed by atoms with Gasteiger partial charge in [0, 0.05) is 68.8 Å². The first kappa shape index (κ1) is 36.5. The van der Waals surface area contributed by atoms with Gasteiger partial charge in [0.15, 0.2) is 17.5 Å². The summed E-state index contributed by atoms with van der Waals surface area (Å²) in [6.45, 7) is 0. The molecule has 0 aliphatic heterocycles. The molecule has 0 aliphatic rings. The zero-order valence-corrected chi connectivity index (χ0v) is 36.4. The van der Waals surface area contributed by atoms with E-state index in [1.165, 1.54) is 78.5 Å². The van der Waals surface area contributed by atoms with Crippen LogP contribution in [0.5, 0.6) is 0 Å². The molecule has 0 amide bonds. The van der Waals surface area contributed by atoms with Crippen LogP contribution in [0.3, 0.4) is 0 Å². The summed E-state index contributed by atoms with van der Waals surface area (Å²) in [7, 11) is 0. The van der Waals surface area contributed by atoms with Crippen molar-refractivity contribution in [3.63, 3.8) is 0 Å². The molecule has 4 heterocycles. The van der Waals surface area contributed by atoms with E-state index >= 15 is 0 Å². The zero-order valence-electron chi connectivity index (χ0n) is 34.7. The standard InChI is InChI=1S/C59H34N4S2/c1-2-13-35(14-3-1)36-25-27-38(28-26-36)57-60-58(62-59(61-57)45-22-12-16-37-15-4-5-17-41(37)45)39-29-31-42-48-34-40(30-32-51(48)64-52(42)33-39)63-49-23-10-8-20-46(49)53-43-18-6-7-19-44(43)54-47-21-9-11-24-50(47)65-56(54)55(53)63/h1-34H. The van der Waals surface area contributed by atoms with E-state index < -0.39 is 0 Å². The lowest BCUT2D eigenvalue weighted by Gasteiger charge is -2.11. The first-order valence-electron chi connectivity index (χ1n) is 21.8. The Morgan fingerprint density at radius 3 is 1.80 bits per heavy atom. The largest absolute Gasteiger partial charge is 0.308 e. The summed E-state index contributed by atoms with van der Waals surface area (Å²) < 4.78 is 7.57. The Morgan fingerprint density at radius 2 is 0.954 bits per heavy atom. The lowest BCUT2D eigenvalue weighted by Crippen LogP contribution is -2.00. The van der Waals surface area contributed by atoms with Crippen LogP contribution in [0.4, 0.5) is 0 Å². The third-order valence-electron chi connectivity index (χ3n) is 13.0. The first-order valence-corrected chi connectivity index (χ1v) is 23.5. The third-order valence-corrected chi connectivity index (χ3v) is 15.3. The topological polar surface area (TPSA) is 43.6 Å². The molecule has 0 atom stereocenters. The maximum atomic E-state index is 5.22. The van der Waals surface area contributed by atoms with Crippen molar-refractivity contribution in [1.29, 1.82) is 0 Å². The summed E-state index contributed by atoms with van der Waals surface area (Å²) in [6.07, 6.45) is 0. The van der Waals surface area contributed by atoms with Gasteiger partial charge in [0.05, 0.1) is 15.7 Å². The number of hydrogen-bond donors (Lipinski definition) is 0. The van der Waals surface area contributed by atoms with Gasteiger partial charge in [-0.25, -0.2) is 15.0 Å². The average Bonchev–Trinajstić information content (AvgIpc) is 4.06. The average molecular weight is 863 g/mol. The lowest BCUT2D eigenvalue weighted by molar-refractivity contribution is 1.08. The van der Waals surface area contributed by atoms with Crippen LogP contribution in [0.25, 0.3) is 135 Å². The molecule has 0 N–H and O–H groups in total. The summed E-state index contributed by atoms with van der Waals surface area (Å²) in [4.78, 5) is 15.6. The van der Waals surface area contributed by atoms with Crippen molar-refractivity contribution in [2.75, 3.05) is 0 Å². The van der Waals surface area contributed by atoms with Gasteiger partial charge < -0.3 is 4.57 Å². The van der Waals surface area contributed by atoms with Crippen LogP contribution in [-0.4, -0.2) is 19.5 Å². The maximum Gasteiger partial charge on any atom is 0.164 e. The summed E-state index contributed by atoms with van der Waals surface area (Å²) in [5.41, 5.74) is 8.83. The first-order chi connectivity index (χ1) is 32.2. The Labute approximate surface area is 381 Å². The SMILES string of the molecule is c1ccc(-c2ccc(-c3nc(-c4ccc5c(c4)sc4ccc(-n6c7ccccc7c7c8ccccc8c8c9ccccc9sc8c76)cc45)nc(-c4cccc5ccccc45)n3)cc2)cc1. The molecule has 0 aliphatic carbocycles. The summed E-state index contributed by atoms with van der Waals surface area (Å²) in [5.74, 6) is 1.95. The van der Waals surface area contributed by atoms with Crippen LogP contribution in [-0.2, 0) is 0 Å². The van der Waals surface area contributed by atoms with Crippen molar-refractivity contribution in [2.45, 2.75) is 0 Å². The van der Waals surface area contributed by atoms with E-state index in [0.29, 0.717) is 17.5 Å². The molecule has 6 heteroatoms. The van der Waals surface area contributed by atoms with Gasteiger partial charge in [-0.3, -0.25) is 0 Å². The summed E-state index contributed by atoms with van der Waals surface area (Å²) in [5, 5.41) is 12.5. The smallest absolute Gasteiger partial charge is 0.164 e. The highest BCUT2D eigenvalue weighted by molar-refractivity contribution is 7.27. The summed E-state index contributed by atoms with van der Waals surface area (Å²) in [6, 6.07) is 74.2. The number of hydrogen-bond acceptors (Lipinski definition) is 5. The van der Waals surface area contributed by atoms with Gasteiger partial charge in [0.1, 0.15) is 0 Å². The van der Waals surface area contributed by atoms with E-state index in [2.05, 4.69) is 205 Å². The number of nitrogens with zero attached hydrogens (tertiary/aromatic N) is 4. The van der Waals surface area contributed by atoms with E-state index in [9.17, 15) is 0 Å². The van der Waals surface area contributed by atoms with Crippen molar-refractivity contribution in [1.82, 2.24) is 19.5 Å². The van der Waals surface area contributed by atoms with Crippen LogP contribution in [0.1, 0.15) is 0 Å². The molecule has 4 aromatic heterocycles. The second kappa shape index (κ2) is 14.2. The van der Waals surface area contributed by atoms with Gasteiger partial charge >= 0.3 is 0 Å². The van der Waals surface area contributed by atoms with Crippen LogP contribution >= 0.6 is 22.7 Å². The predicted octanol–water partition coefficient (Wildman–Crippen LogP) is 16.7. The highest BCUT2D eigenvalue weighted by Crippen LogP contribution is 2.48. The number of benzene rings is 10. The molecule has 0 unspecified atom stereocenters. The number of aromatic nitrogens is 4. The molecule has 0 bridgehead atoms. The Morgan fingerprint density at radius 1 is 0.338 bits per heavy atom. The molecule has 14 aromatic rings. The van der Waals surface area contributed by atoms with Crippen LogP contribution in [0.15, 0.2) is 206 Å². The molecule has 0 spiro atoms. The Bertz CT molecular complexity index is 4230. The second-order valence-electron chi connectivity index (χ2n) is 16.7. The van der Waals surface area contributed by atoms with Gasteiger partial charge in [0.25, 0.3) is 0 Å². The van der Waals surface area contributed by atoms with Gasteiger partial charge in [-0.2, -0.15) is 0 Å². The number of fused-ring (bicyclic) bond motifs is 14. The Kier molecular flexibility index (Phi) is 7.99. The van der Waals surface area contributed by atoms with Crippen LogP contribution in [0, 0.1) is 0 Å². The van der Waals surface area contributed by atoms with Crippen molar-refractivity contribution in [2.24, 2.45) is 0 Å². The van der Waals surface area contributed by atoms with Crippen molar-refractivity contribution < 1.29 is 0 Å². The van der Waals surface area contributed by atoms with E-state index in [4.69, 9.17) is 15.0 Å². The van der Waals surface area contributed by atoms with Gasteiger partial charge in [0.2, 0.25) is 0 Å². The molecule has 0 radical (unpaired) electrons. The second-order valence-corrected chi connectivity index (χ2v) is 18.8. The molecule has 0 fully saturated rings. The normalized spacial score (nSPS) is 12.0. The number of thiophene rings is 2. The fourth-order valence-corrected chi connectivity index (χ4v) is 12.4. The van der Waals surface area contributed by atoms with Gasteiger partial charge in [-0.05, 0) is 69.1 Å². The molecule has 302 valence electrons.